The molecule has 0 radical (unpaired) electrons. The number of benzene rings is 1. The van der Waals surface area contributed by atoms with Crippen LogP contribution in [0.15, 0.2) is 24.3 Å². The van der Waals surface area contributed by atoms with E-state index >= 15 is 0 Å². The third-order valence-electron chi connectivity index (χ3n) is 3.38. The van der Waals surface area contributed by atoms with Crippen LogP contribution < -0.4 is 4.74 Å². The van der Waals surface area contributed by atoms with Crippen LogP contribution in [0.3, 0.4) is 0 Å². The summed E-state index contributed by atoms with van der Waals surface area (Å²) in [4.78, 5) is 11.5. The first-order chi connectivity index (χ1) is 10.5. The van der Waals surface area contributed by atoms with E-state index in [9.17, 15) is 0 Å². The van der Waals surface area contributed by atoms with Gasteiger partial charge in [0.1, 0.15) is 5.75 Å². The monoisotopic (exact) mass is 353 g/mol. The van der Waals surface area contributed by atoms with Crippen LogP contribution in [0.5, 0.6) is 11.8 Å². The highest BCUT2D eigenvalue weighted by Gasteiger charge is 2.27. The normalized spacial score (nSPS) is 12.3. The summed E-state index contributed by atoms with van der Waals surface area (Å²) < 4.78 is 5.58. The Kier molecular flexibility index (Phi) is 5.17. The highest BCUT2D eigenvalue weighted by atomic mass is 35.5. The maximum Gasteiger partial charge on any atom is 0.327 e. The zero-order valence-corrected chi connectivity index (χ0v) is 15.5. The lowest BCUT2D eigenvalue weighted by molar-refractivity contribution is 0.284. The van der Waals surface area contributed by atoms with E-state index < -0.39 is 0 Å². The molecule has 0 aliphatic heterocycles. The van der Waals surface area contributed by atoms with Crippen molar-refractivity contribution in [3.8, 4) is 11.8 Å². The summed E-state index contributed by atoms with van der Waals surface area (Å²) in [5.41, 5.74) is 1.60. The van der Waals surface area contributed by atoms with Gasteiger partial charge in [-0.15, -0.1) is 0 Å². The molecule has 1 aromatic carbocycles. The Balaban J connectivity index is 2.16. The topological polar surface area (TPSA) is 47.9 Å². The molecular weight excluding hydrogens is 333 g/mol. The van der Waals surface area contributed by atoms with Crippen molar-refractivity contribution in [3.63, 3.8) is 0 Å². The number of hydrogen-bond acceptors (Lipinski definition) is 4. The molecule has 0 unspecified atom stereocenters. The lowest BCUT2D eigenvalue weighted by Crippen LogP contribution is -2.24. The summed E-state index contributed by atoms with van der Waals surface area (Å²) in [6, 6.07) is 7.99. The molecule has 23 heavy (non-hydrogen) atoms. The van der Waals surface area contributed by atoms with Gasteiger partial charge < -0.3 is 4.74 Å². The molecule has 0 aliphatic carbocycles. The molecule has 0 amide bonds. The van der Waals surface area contributed by atoms with Gasteiger partial charge in [-0.3, -0.25) is 0 Å². The minimum atomic E-state index is 0.00271. The summed E-state index contributed by atoms with van der Waals surface area (Å²) in [7, 11) is 0. The van der Waals surface area contributed by atoms with Gasteiger partial charge in [0.05, 0.1) is 0 Å². The largest absolute Gasteiger partial charge is 0.424 e. The SMILES string of the molecule is CC(C)(C)CC(C)(C)c1ccc(Oc2nc(Cl)nc(Cl)n2)cc1. The molecule has 0 bridgehead atoms. The van der Waals surface area contributed by atoms with Gasteiger partial charge in [0.15, 0.2) is 0 Å². The quantitative estimate of drug-likeness (QED) is 0.708. The molecule has 0 atom stereocenters. The number of nitrogens with zero attached hydrogens (tertiary/aromatic N) is 3. The Labute approximate surface area is 147 Å². The molecule has 0 N–H and O–H groups in total. The van der Waals surface area contributed by atoms with Crippen LogP contribution in [0.4, 0.5) is 0 Å². The van der Waals surface area contributed by atoms with Gasteiger partial charge in [0.25, 0.3) is 0 Å². The fraction of sp³-hybridized carbons (Fsp3) is 0.471. The molecule has 4 nitrogen and oxygen atoms in total. The molecule has 0 saturated heterocycles. The van der Waals surface area contributed by atoms with Crippen LogP contribution in [0.25, 0.3) is 0 Å². The van der Waals surface area contributed by atoms with Crippen molar-refractivity contribution in [2.45, 2.75) is 46.5 Å². The molecule has 124 valence electrons. The third-order valence-corrected chi connectivity index (χ3v) is 3.72. The molecule has 2 aromatic rings. The second-order valence-corrected chi connectivity index (χ2v) is 8.08. The Bertz CT molecular complexity index is 659. The van der Waals surface area contributed by atoms with Gasteiger partial charge in [0, 0.05) is 0 Å². The van der Waals surface area contributed by atoms with Crippen LogP contribution in [0, 0.1) is 5.41 Å². The van der Waals surface area contributed by atoms with Crippen LogP contribution in [-0.2, 0) is 5.41 Å². The Morgan fingerprint density at radius 2 is 1.39 bits per heavy atom. The lowest BCUT2D eigenvalue weighted by Gasteiger charge is -2.33. The Hall–Kier alpha value is -1.39. The van der Waals surface area contributed by atoms with Gasteiger partial charge in [-0.1, -0.05) is 46.8 Å². The van der Waals surface area contributed by atoms with Crippen molar-refractivity contribution >= 4 is 23.2 Å². The van der Waals surface area contributed by atoms with Gasteiger partial charge in [0.2, 0.25) is 10.6 Å². The zero-order chi connectivity index (χ0) is 17.3. The van der Waals surface area contributed by atoms with Crippen LogP contribution in [0.1, 0.15) is 46.6 Å². The zero-order valence-electron chi connectivity index (χ0n) is 14.0. The minimum absolute atomic E-state index is 0.00271. The van der Waals surface area contributed by atoms with Gasteiger partial charge in [-0.25, -0.2) is 0 Å². The fourth-order valence-corrected chi connectivity index (χ4v) is 3.21. The molecule has 0 saturated carbocycles. The van der Waals surface area contributed by atoms with E-state index in [4.69, 9.17) is 27.9 Å². The van der Waals surface area contributed by atoms with Crippen molar-refractivity contribution < 1.29 is 4.74 Å². The van der Waals surface area contributed by atoms with E-state index in [2.05, 4.69) is 61.7 Å². The van der Waals surface area contributed by atoms with E-state index in [1.54, 1.807) is 0 Å². The summed E-state index contributed by atoms with van der Waals surface area (Å²) in [6.07, 6.45) is 1.08. The second-order valence-electron chi connectivity index (χ2n) is 7.40. The van der Waals surface area contributed by atoms with Crippen LogP contribution in [-0.4, -0.2) is 15.0 Å². The first-order valence-corrected chi connectivity index (χ1v) is 8.16. The molecule has 1 heterocycles. The summed E-state index contributed by atoms with van der Waals surface area (Å²) in [5, 5.41) is 0.00543. The number of aromatic nitrogens is 3. The average molecular weight is 354 g/mol. The van der Waals surface area contributed by atoms with E-state index in [0.29, 0.717) is 5.75 Å². The standard InChI is InChI=1S/C17H21Cl2N3O/c1-16(2,3)10-17(4,5)11-6-8-12(9-7-11)23-15-21-13(18)20-14(19)22-15/h6-9H,10H2,1-5H3. The van der Waals surface area contributed by atoms with Crippen molar-refractivity contribution in [1.29, 1.82) is 0 Å². The maximum absolute atomic E-state index is 5.74. The third kappa shape index (κ3) is 5.33. The highest BCUT2D eigenvalue weighted by molar-refractivity contribution is 6.31. The van der Waals surface area contributed by atoms with Crippen LogP contribution >= 0.6 is 23.2 Å². The maximum atomic E-state index is 5.74. The van der Waals surface area contributed by atoms with Crippen molar-refractivity contribution in [2.75, 3.05) is 0 Å². The predicted molar refractivity (Wildman–Crippen MR) is 93.5 cm³/mol. The number of hydrogen-bond donors (Lipinski definition) is 0. The second kappa shape index (κ2) is 6.62. The van der Waals surface area contributed by atoms with Crippen molar-refractivity contribution in [2.24, 2.45) is 5.41 Å². The minimum Gasteiger partial charge on any atom is -0.424 e. The van der Waals surface area contributed by atoms with Crippen molar-refractivity contribution in [1.82, 2.24) is 15.0 Å². The Morgan fingerprint density at radius 3 is 1.87 bits per heavy atom. The summed E-state index contributed by atoms with van der Waals surface area (Å²) in [5.74, 6) is 0.624. The summed E-state index contributed by atoms with van der Waals surface area (Å²) in [6.45, 7) is 11.3. The van der Waals surface area contributed by atoms with E-state index in [-0.39, 0.29) is 27.4 Å². The average Bonchev–Trinajstić information content (AvgIpc) is 2.35. The molecule has 0 aliphatic rings. The molecule has 6 heteroatoms. The van der Waals surface area contributed by atoms with Gasteiger partial charge >= 0.3 is 6.01 Å². The first-order valence-electron chi connectivity index (χ1n) is 7.41. The highest BCUT2D eigenvalue weighted by Crippen LogP contribution is 2.36. The van der Waals surface area contributed by atoms with Crippen LogP contribution in [0.2, 0.25) is 10.6 Å². The Morgan fingerprint density at radius 1 is 0.870 bits per heavy atom. The smallest absolute Gasteiger partial charge is 0.327 e. The molecule has 0 fully saturated rings. The molecule has 0 spiro atoms. The van der Waals surface area contributed by atoms with Gasteiger partial charge in [-0.2, -0.15) is 15.0 Å². The fourth-order valence-electron chi connectivity index (χ4n) is 2.86. The van der Waals surface area contributed by atoms with Gasteiger partial charge in [-0.05, 0) is 58.1 Å². The van der Waals surface area contributed by atoms with E-state index in [1.807, 2.05) is 12.1 Å². The van der Waals surface area contributed by atoms with E-state index in [0.717, 1.165) is 6.42 Å². The summed E-state index contributed by atoms with van der Waals surface area (Å²) >= 11 is 11.5. The lowest BCUT2D eigenvalue weighted by atomic mass is 9.72. The number of ether oxygens (including phenoxy) is 1. The first kappa shape index (κ1) is 18.0. The van der Waals surface area contributed by atoms with E-state index in [1.165, 1.54) is 5.56 Å². The molecule has 1 aromatic heterocycles. The number of halogens is 2. The molecule has 2 rings (SSSR count). The number of rotatable bonds is 4. The predicted octanol–water partition coefficient (Wildman–Crippen LogP) is 5.68. The molecular formula is C17H21Cl2N3O. The van der Waals surface area contributed by atoms with Crippen molar-refractivity contribution in [3.05, 3.63) is 40.4 Å².